The minimum Gasteiger partial charge on any atom is -0.353 e. The molecule has 2 aliphatic rings. The molecule has 1 aromatic carbocycles. The number of carbonyl (C=O) groups excluding carboxylic acids is 2. The van der Waals surface area contributed by atoms with Crippen molar-refractivity contribution in [3.05, 3.63) is 28.2 Å². The van der Waals surface area contributed by atoms with Crippen molar-refractivity contribution >= 4 is 33.4 Å². The summed E-state index contributed by atoms with van der Waals surface area (Å²) in [4.78, 5) is 24.0. The zero-order chi connectivity index (χ0) is 14.3. The fourth-order valence-corrected chi connectivity index (χ4v) is 2.85. The Kier molecular flexibility index (Phi) is 3.54. The first kappa shape index (κ1) is 13.6. The molecule has 20 heavy (non-hydrogen) atoms. The summed E-state index contributed by atoms with van der Waals surface area (Å²) in [6.07, 6.45) is 2.81. The van der Waals surface area contributed by atoms with Gasteiger partial charge in [-0.3, -0.25) is 9.59 Å². The van der Waals surface area contributed by atoms with Crippen LogP contribution in [0.5, 0.6) is 0 Å². The Morgan fingerprint density at radius 1 is 1.20 bits per heavy atom. The minimum atomic E-state index is -0.179. The van der Waals surface area contributed by atoms with E-state index in [0.717, 1.165) is 28.6 Å². The van der Waals surface area contributed by atoms with Crippen molar-refractivity contribution in [3.8, 4) is 0 Å². The van der Waals surface area contributed by atoms with Gasteiger partial charge in [-0.2, -0.15) is 0 Å². The summed E-state index contributed by atoms with van der Waals surface area (Å²) in [6, 6.07) is 6.14. The molecular formula is C15H17BrN2O2. The van der Waals surface area contributed by atoms with Gasteiger partial charge < -0.3 is 10.6 Å². The molecule has 0 aromatic heterocycles. The zero-order valence-electron chi connectivity index (χ0n) is 11.3. The maximum Gasteiger partial charge on any atom is 0.228 e. The number of carbonyl (C=O) groups is 2. The molecule has 0 spiro atoms. The van der Waals surface area contributed by atoms with Gasteiger partial charge >= 0.3 is 0 Å². The molecule has 1 aromatic rings. The lowest BCUT2D eigenvalue weighted by Crippen LogP contribution is -2.29. The summed E-state index contributed by atoms with van der Waals surface area (Å²) in [5.74, 6) is -0.345. The van der Waals surface area contributed by atoms with Gasteiger partial charge in [-0.05, 0) is 59.8 Å². The first-order valence-corrected chi connectivity index (χ1v) is 7.71. The second-order valence-corrected chi connectivity index (χ2v) is 6.56. The second-order valence-electron chi connectivity index (χ2n) is 5.70. The normalized spacial score (nSPS) is 24.1. The summed E-state index contributed by atoms with van der Waals surface area (Å²) >= 11 is 3.44. The molecule has 0 saturated heterocycles. The molecular weight excluding hydrogens is 320 g/mol. The lowest BCUT2D eigenvalue weighted by molar-refractivity contribution is -0.125. The van der Waals surface area contributed by atoms with Crippen molar-refractivity contribution in [1.29, 1.82) is 0 Å². The standard InChI is InChI=1S/C15H17BrN2O2/c1-8-2-5-13(12(16)6-8)18-15(20)11-7-10(11)14(19)17-9-3-4-9/h2,5-6,9-11H,3-4,7H2,1H3,(H,17,19)(H,18,20). The number of halogens is 1. The predicted octanol–water partition coefficient (Wildman–Crippen LogP) is 2.61. The highest BCUT2D eigenvalue weighted by Gasteiger charge is 2.48. The SMILES string of the molecule is Cc1ccc(NC(=O)C2CC2C(=O)NC2CC2)c(Br)c1. The van der Waals surface area contributed by atoms with E-state index in [1.54, 1.807) is 0 Å². The van der Waals surface area contributed by atoms with E-state index in [1.807, 2.05) is 25.1 Å². The molecule has 0 radical (unpaired) electrons. The molecule has 2 fully saturated rings. The van der Waals surface area contributed by atoms with Crippen LogP contribution in [0.3, 0.4) is 0 Å². The van der Waals surface area contributed by atoms with Crippen molar-refractivity contribution in [3.63, 3.8) is 0 Å². The molecule has 0 heterocycles. The van der Waals surface area contributed by atoms with Crippen molar-refractivity contribution in [2.24, 2.45) is 11.8 Å². The molecule has 2 amide bonds. The van der Waals surface area contributed by atoms with Gasteiger partial charge in [0, 0.05) is 10.5 Å². The molecule has 106 valence electrons. The van der Waals surface area contributed by atoms with Gasteiger partial charge in [0.2, 0.25) is 11.8 Å². The summed E-state index contributed by atoms with van der Waals surface area (Å²) in [6.45, 7) is 2.00. The van der Waals surface area contributed by atoms with Crippen LogP contribution in [0.4, 0.5) is 5.69 Å². The number of rotatable bonds is 4. The minimum absolute atomic E-state index is 0.0376. The Morgan fingerprint density at radius 2 is 1.90 bits per heavy atom. The van der Waals surface area contributed by atoms with Crippen LogP contribution in [0, 0.1) is 18.8 Å². The number of amides is 2. The van der Waals surface area contributed by atoms with Gasteiger partial charge in [0.25, 0.3) is 0 Å². The maximum atomic E-state index is 12.1. The van der Waals surface area contributed by atoms with E-state index in [1.165, 1.54) is 0 Å². The first-order valence-electron chi connectivity index (χ1n) is 6.92. The van der Waals surface area contributed by atoms with Crippen molar-refractivity contribution in [1.82, 2.24) is 5.32 Å². The van der Waals surface area contributed by atoms with Gasteiger partial charge in [-0.25, -0.2) is 0 Å². The highest BCUT2D eigenvalue weighted by atomic mass is 79.9. The van der Waals surface area contributed by atoms with E-state index >= 15 is 0 Å². The maximum absolute atomic E-state index is 12.1. The van der Waals surface area contributed by atoms with Gasteiger partial charge in [0.1, 0.15) is 0 Å². The van der Waals surface area contributed by atoms with Crippen LogP contribution in [0.1, 0.15) is 24.8 Å². The fourth-order valence-electron chi connectivity index (χ4n) is 2.26. The largest absolute Gasteiger partial charge is 0.353 e. The third-order valence-corrected chi connectivity index (χ3v) is 4.43. The van der Waals surface area contributed by atoms with Crippen LogP contribution >= 0.6 is 15.9 Å². The average Bonchev–Trinajstić information content (AvgIpc) is 3.24. The number of aryl methyl sites for hydroxylation is 1. The van der Waals surface area contributed by atoms with E-state index in [4.69, 9.17) is 0 Å². The van der Waals surface area contributed by atoms with Gasteiger partial charge in [-0.1, -0.05) is 6.07 Å². The number of hydrogen-bond donors (Lipinski definition) is 2. The van der Waals surface area contributed by atoms with Crippen molar-refractivity contribution in [2.75, 3.05) is 5.32 Å². The Hall–Kier alpha value is -1.36. The summed E-state index contributed by atoms with van der Waals surface area (Å²) in [7, 11) is 0. The van der Waals surface area contributed by atoms with Crippen molar-refractivity contribution in [2.45, 2.75) is 32.2 Å². The monoisotopic (exact) mass is 336 g/mol. The Bertz CT molecular complexity index is 569. The topological polar surface area (TPSA) is 58.2 Å². The summed E-state index contributed by atoms with van der Waals surface area (Å²) in [5, 5.41) is 5.84. The van der Waals surface area contributed by atoms with E-state index < -0.39 is 0 Å². The number of anilines is 1. The van der Waals surface area contributed by atoms with Gasteiger partial charge in [0.05, 0.1) is 17.5 Å². The molecule has 2 saturated carbocycles. The Balaban J connectivity index is 1.56. The lowest BCUT2D eigenvalue weighted by atomic mass is 10.2. The van der Waals surface area contributed by atoms with E-state index in [0.29, 0.717) is 12.5 Å². The van der Waals surface area contributed by atoms with Gasteiger partial charge in [-0.15, -0.1) is 0 Å². The van der Waals surface area contributed by atoms with Crippen LogP contribution in [0.15, 0.2) is 22.7 Å². The molecule has 5 heteroatoms. The lowest BCUT2D eigenvalue weighted by Gasteiger charge is -2.08. The molecule has 2 aliphatic carbocycles. The molecule has 3 rings (SSSR count). The summed E-state index contributed by atoms with van der Waals surface area (Å²) < 4.78 is 0.866. The average molecular weight is 337 g/mol. The Labute approximate surface area is 126 Å². The molecule has 2 N–H and O–H groups in total. The fraction of sp³-hybridized carbons (Fsp3) is 0.467. The molecule has 4 nitrogen and oxygen atoms in total. The highest BCUT2D eigenvalue weighted by molar-refractivity contribution is 9.10. The van der Waals surface area contributed by atoms with Crippen LogP contribution in [-0.2, 0) is 9.59 Å². The van der Waals surface area contributed by atoms with Crippen LogP contribution in [0.2, 0.25) is 0 Å². The Morgan fingerprint density at radius 3 is 2.55 bits per heavy atom. The van der Waals surface area contributed by atoms with E-state index in [9.17, 15) is 9.59 Å². The molecule has 2 unspecified atom stereocenters. The third-order valence-electron chi connectivity index (χ3n) is 3.77. The smallest absolute Gasteiger partial charge is 0.228 e. The van der Waals surface area contributed by atoms with Crippen LogP contribution in [0.25, 0.3) is 0 Å². The predicted molar refractivity (Wildman–Crippen MR) is 80.3 cm³/mol. The van der Waals surface area contributed by atoms with Gasteiger partial charge in [0.15, 0.2) is 0 Å². The zero-order valence-corrected chi connectivity index (χ0v) is 12.9. The molecule has 0 aliphatic heterocycles. The van der Waals surface area contributed by atoms with E-state index in [2.05, 4.69) is 26.6 Å². The first-order chi connectivity index (χ1) is 9.54. The molecule has 2 atom stereocenters. The highest BCUT2D eigenvalue weighted by Crippen LogP contribution is 2.40. The molecule has 0 bridgehead atoms. The van der Waals surface area contributed by atoms with Crippen LogP contribution in [-0.4, -0.2) is 17.9 Å². The third kappa shape index (κ3) is 3.03. The number of hydrogen-bond acceptors (Lipinski definition) is 2. The van der Waals surface area contributed by atoms with Crippen LogP contribution < -0.4 is 10.6 Å². The summed E-state index contributed by atoms with van der Waals surface area (Å²) in [5.41, 5.74) is 1.89. The van der Waals surface area contributed by atoms with Crippen molar-refractivity contribution < 1.29 is 9.59 Å². The van der Waals surface area contributed by atoms with E-state index in [-0.39, 0.29) is 23.7 Å². The quantitative estimate of drug-likeness (QED) is 0.887. The number of benzene rings is 1. The second kappa shape index (κ2) is 5.20. The number of nitrogens with one attached hydrogen (secondary N) is 2.